The third kappa shape index (κ3) is 3.99. The second kappa shape index (κ2) is 9.22. The quantitative estimate of drug-likeness (QED) is 0.365. The third-order valence-electron chi connectivity index (χ3n) is 11.5. The van der Waals surface area contributed by atoms with Crippen molar-refractivity contribution in [3.8, 4) is 18.1 Å². The summed E-state index contributed by atoms with van der Waals surface area (Å²) in [6.45, 7) is 2.81. The first-order valence-corrected chi connectivity index (χ1v) is 15.1. The maximum absolute atomic E-state index is 13.0. The molecule has 204 valence electrons. The number of rotatable bonds is 6. The van der Waals surface area contributed by atoms with E-state index in [-0.39, 0.29) is 17.9 Å². The second-order valence-electron chi connectivity index (χ2n) is 13.5. The number of carbonyl (C=O) groups excluding carboxylic acids is 1. The lowest BCUT2D eigenvalue weighted by Gasteiger charge is -2.56. The molecule has 0 aliphatic heterocycles. The molecule has 4 nitrogen and oxygen atoms in total. The Morgan fingerprint density at radius 3 is 2.51 bits per heavy atom. The second-order valence-corrected chi connectivity index (χ2v) is 13.5. The number of aryl methyl sites for hydroxylation is 1. The number of ether oxygens (including phenoxy) is 1. The molecule has 4 heteroatoms. The van der Waals surface area contributed by atoms with E-state index in [9.17, 15) is 15.0 Å². The maximum Gasteiger partial charge on any atom is 0.237 e. The molecule has 0 radical (unpaired) electrons. The fourth-order valence-corrected chi connectivity index (χ4v) is 9.08. The van der Waals surface area contributed by atoms with Crippen molar-refractivity contribution in [3.05, 3.63) is 64.7 Å². The van der Waals surface area contributed by atoms with Crippen molar-refractivity contribution in [2.45, 2.75) is 94.2 Å². The van der Waals surface area contributed by atoms with Crippen molar-refractivity contribution in [3.63, 3.8) is 0 Å². The van der Waals surface area contributed by atoms with Gasteiger partial charge in [-0.3, -0.25) is 4.79 Å². The van der Waals surface area contributed by atoms with Crippen molar-refractivity contribution in [1.82, 2.24) is 0 Å². The van der Waals surface area contributed by atoms with Crippen LogP contribution in [0, 0.1) is 35.5 Å². The lowest BCUT2D eigenvalue weighted by molar-refractivity contribution is -0.152. The molecule has 0 bridgehead atoms. The van der Waals surface area contributed by atoms with E-state index in [4.69, 9.17) is 11.2 Å². The van der Waals surface area contributed by atoms with E-state index in [1.165, 1.54) is 35.1 Å². The van der Waals surface area contributed by atoms with Gasteiger partial charge in [-0.2, -0.15) is 0 Å². The predicted octanol–water partition coefficient (Wildman–Crippen LogP) is 5.90. The molecule has 4 saturated carbocycles. The number of fused-ring (bicyclic) bond motifs is 5. The van der Waals surface area contributed by atoms with Gasteiger partial charge in [-0.25, -0.2) is 0 Å². The summed E-state index contributed by atoms with van der Waals surface area (Å²) < 4.78 is 6.16. The molecule has 0 saturated heterocycles. The third-order valence-corrected chi connectivity index (χ3v) is 11.5. The molecule has 2 N–H and O–H groups in total. The molecular formula is C35H40O4. The number of hydrogen-bond donors (Lipinski definition) is 2. The number of Topliss-reactive ketones (excluding diaryl/α,β-unsaturated/α-hetero) is 1. The van der Waals surface area contributed by atoms with Crippen molar-refractivity contribution < 1.29 is 19.7 Å². The molecule has 0 amide bonds. The predicted molar refractivity (Wildman–Crippen MR) is 151 cm³/mol. The van der Waals surface area contributed by atoms with Gasteiger partial charge in [0.1, 0.15) is 11.4 Å². The molecule has 7 rings (SSSR count). The van der Waals surface area contributed by atoms with Gasteiger partial charge < -0.3 is 14.9 Å². The summed E-state index contributed by atoms with van der Waals surface area (Å²) in [7, 11) is 0. The highest BCUT2D eigenvalue weighted by atomic mass is 16.5. The normalized spacial score (nSPS) is 38.5. The van der Waals surface area contributed by atoms with Gasteiger partial charge >= 0.3 is 0 Å². The van der Waals surface area contributed by atoms with Crippen LogP contribution in [0.4, 0.5) is 0 Å². The van der Waals surface area contributed by atoms with Crippen molar-refractivity contribution in [2.24, 2.45) is 23.2 Å². The van der Waals surface area contributed by atoms with Crippen LogP contribution in [0.5, 0.6) is 5.75 Å². The van der Waals surface area contributed by atoms with Crippen LogP contribution in [0.2, 0.25) is 0 Å². The van der Waals surface area contributed by atoms with Crippen LogP contribution in [-0.4, -0.2) is 34.3 Å². The minimum atomic E-state index is -1.45. The highest BCUT2D eigenvalue weighted by Gasteiger charge is 2.66. The summed E-state index contributed by atoms with van der Waals surface area (Å²) in [5, 5.41) is 21.5. The fourth-order valence-electron chi connectivity index (χ4n) is 9.08. The number of ketones is 1. The van der Waals surface area contributed by atoms with Gasteiger partial charge in [0.2, 0.25) is 5.78 Å². The smallest absolute Gasteiger partial charge is 0.237 e. The summed E-state index contributed by atoms with van der Waals surface area (Å²) in [6.07, 6.45) is 13.8. The molecule has 4 fully saturated rings. The van der Waals surface area contributed by atoms with Gasteiger partial charge in [0, 0.05) is 5.41 Å². The van der Waals surface area contributed by atoms with Crippen LogP contribution in [0.3, 0.4) is 0 Å². The van der Waals surface area contributed by atoms with Crippen LogP contribution >= 0.6 is 0 Å². The maximum atomic E-state index is 13.0. The molecule has 2 aromatic carbocycles. The van der Waals surface area contributed by atoms with E-state index in [0.717, 1.165) is 44.3 Å². The highest BCUT2D eigenvalue weighted by molar-refractivity contribution is 6.02. The zero-order valence-electron chi connectivity index (χ0n) is 22.9. The van der Waals surface area contributed by atoms with Gasteiger partial charge in [-0.05, 0) is 134 Å². The number of terminal acetylenes is 1. The minimum absolute atomic E-state index is 0.157. The van der Waals surface area contributed by atoms with E-state index in [2.05, 4.69) is 55.3 Å². The molecule has 0 aromatic heterocycles. The molecular weight excluding hydrogens is 484 g/mol. The summed E-state index contributed by atoms with van der Waals surface area (Å²) >= 11 is 0. The first-order valence-electron chi connectivity index (χ1n) is 15.1. The highest BCUT2D eigenvalue weighted by Crippen LogP contribution is 2.68. The van der Waals surface area contributed by atoms with Crippen molar-refractivity contribution in [2.75, 3.05) is 6.61 Å². The molecule has 1 unspecified atom stereocenters. The topological polar surface area (TPSA) is 66.8 Å². The molecule has 0 spiro atoms. The lowest BCUT2D eigenvalue weighted by Crippen LogP contribution is -2.56. The molecule has 5 aliphatic rings. The van der Waals surface area contributed by atoms with E-state index >= 15 is 0 Å². The number of carbonyl (C=O) groups is 1. The van der Waals surface area contributed by atoms with Crippen molar-refractivity contribution in [1.29, 1.82) is 0 Å². The Bertz CT molecular complexity index is 1310. The largest absolute Gasteiger partial charge is 0.493 e. The lowest BCUT2D eigenvalue weighted by atomic mass is 9.49. The number of aliphatic hydroxyl groups excluding tert-OH is 1. The number of benzene rings is 2. The average Bonchev–Trinajstić information content (AvgIpc) is 3.74. The minimum Gasteiger partial charge on any atom is -0.493 e. The van der Waals surface area contributed by atoms with Gasteiger partial charge in [0.25, 0.3) is 0 Å². The summed E-state index contributed by atoms with van der Waals surface area (Å²) in [4.78, 5) is 13.0. The van der Waals surface area contributed by atoms with Crippen LogP contribution < -0.4 is 4.74 Å². The molecule has 6 atom stereocenters. The first kappa shape index (κ1) is 25.4. The summed E-state index contributed by atoms with van der Waals surface area (Å²) in [5.41, 5.74) is 3.54. The van der Waals surface area contributed by atoms with Crippen molar-refractivity contribution >= 4 is 5.78 Å². The fraction of sp³-hybridized carbons (Fsp3) is 0.571. The van der Waals surface area contributed by atoms with Gasteiger partial charge in [-0.1, -0.05) is 37.3 Å². The summed E-state index contributed by atoms with van der Waals surface area (Å²) in [5.74, 6) is 5.16. The Morgan fingerprint density at radius 1 is 1.08 bits per heavy atom. The Morgan fingerprint density at radius 2 is 1.82 bits per heavy atom. The number of aliphatic hydroxyl groups is 2. The van der Waals surface area contributed by atoms with Crippen LogP contribution in [0.15, 0.2) is 42.5 Å². The van der Waals surface area contributed by atoms with E-state index < -0.39 is 16.8 Å². The van der Waals surface area contributed by atoms with Crippen LogP contribution in [0.1, 0.15) is 98.3 Å². The summed E-state index contributed by atoms with van der Waals surface area (Å²) in [6, 6.07) is 15.9. The van der Waals surface area contributed by atoms with E-state index in [0.29, 0.717) is 36.7 Å². The Labute approximate surface area is 232 Å². The standard InChI is InChI=1S/C35H40O4/c1-3-32(37)35(38)15-14-31-29-12-10-25-18-27(39-20-21-16-26(36)17-21)11-13-28(25)33(29)30(19-34(31,35)2)24-8-6-23(7-9-24)22-4-5-22/h1,6-9,11,13,18,21-22,26,29-31,33,36,38H,4-5,10,12,14-17,19-20H2,2H3/t21?,26?,29-,30+,31-,33?,34-,35+/m0/s1. The average molecular weight is 525 g/mol. The zero-order chi connectivity index (χ0) is 26.9. The monoisotopic (exact) mass is 524 g/mol. The Hall–Kier alpha value is -2.61. The van der Waals surface area contributed by atoms with E-state index in [1.807, 2.05) is 0 Å². The van der Waals surface area contributed by atoms with E-state index in [1.54, 1.807) is 0 Å². The molecule has 5 aliphatic carbocycles. The molecule has 39 heavy (non-hydrogen) atoms. The molecule has 0 heterocycles. The van der Waals surface area contributed by atoms with Crippen LogP contribution in [-0.2, 0) is 11.2 Å². The van der Waals surface area contributed by atoms with Gasteiger partial charge in [-0.15, -0.1) is 6.42 Å². The van der Waals surface area contributed by atoms with Gasteiger partial charge in [0.05, 0.1) is 12.7 Å². The first-order chi connectivity index (χ1) is 18.8. The van der Waals surface area contributed by atoms with Gasteiger partial charge in [0.15, 0.2) is 0 Å². The zero-order valence-corrected chi connectivity index (χ0v) is 22.9. The SMILES string of the molecule is C#CC(=O)[C@]1(O)CC[C@H]2[C@@H]3CCc4cc(OCC5CC(O)C5)ccc4C3[C@@H](c3ccc(C4CC4)cc3)C[C@@]21C. The Kier molecular flexibility index (Phi) is 5.99. The Balaban J connectivity index is 1.24. The van der Waals surface area contributed by atoms with Crippen LogP contribution in [0.25, 0.3) is 0 Å². The number of hydrogen-bond acceptors (Lipinski definition) is 4. The molecule has 2 aromatic rings.